The second-order valence-electron chi connectivity index (χ2n) is 1.08. The summed E-state index contributed by atoms with van der Waals surface area (Å²) in [6.07, 6.45) is 2.50. The van der Waals surface area contributed by atoms with Crippen molar-refractivity contribution in [1.82, 2.24) is 5.43 Å². The predicted molar refractivity (Wildman–Crippen MR) is 28.6 cm³/mol. The first-order chi connectivity index (χ1) is 3.41. The van der Waals surface area contributed by atoms with Gasteiger partial charge in [0.25, 0.3) is 0 Å². The lowest BCUT2D eigenvalue weighted by molar-refractivity contribution is 0.736. The fourth-order valence-corrected chi connectivity index (χ4v) is 0.212. The van der Waals surface area contributed by atoms with Crippen LogP contribution in [0.2, 0.25) is 0 Å². The third kappa shape index (κ3) is 5.14. The molecule has 0 spiro atoms. The molecule has 0 amide bonds. The molecule has 0 aromatic rings. The Labute approximate surface area is 42.4 Å². The second kappa shape index (κ2) is 5.14. The molecular formula is C4H8N2O. The highest BCUT2D eigenvalue weighted by Gasteiger charge is 1.73. The van der Waals surface area contributed by atoms with Crippen LogP contribution in [0.4, 0.5) is 0 Å². The molecule has 0 bridgehead atoms. The highest BCUT2D eigenvalue weighted by Crippen LogP contribution is 1.72. The first kappa shape index (κ1) is 6.14. The van der Waals surface area contributed by atoms with Crippen molar-refractivity contribution in [2.45, 2.75) is 6.42 Å². The molecule has 0 aliphatic carbocycles. The maximum atomic E-state index is 9.28. The van der Waals surface area contributed by atoms with Crippen molar-refractivity contribution in [2.75, 3.05) is 6.54 Å². The van der Waals surface area contributed by atoms with E-state index in [2.05, 4.69) is 17.3 Å². The predicted octanol–water partition coefficient (Wildman–Crippen LogP) is 0.833. The number of nitroso groups, excluding NO2 is 1. The van der Waals surface area contributed by atoms with Gasteiger partial charge in [-0.3, -0.25) is 5.43 Å². The van der Waals surface area contributed by atoms with Gasteiger partial charge in [0.15, 0.2) is 0 Å². The molecule has 3 nitrogen and oxygen atoms in total. The van der Waals surface area contributed by atoms with Gasteiger partial charge in [-0.1, -0.05) is 6.08 Å². The summed E-state index contributed by atoms with van der Waals surface area (Å²) in [4.78, 5) is 9.28. The first-order valence-corrected chi connectivity index (χ1v) is 2.08. The summed E-state index contributed by atoms with van der Waals surface area (Å²) < 4.78 is 0. The van der Waals surface area contributed by atoms with Gasteiger partial charge >= 0.3 is 0 Å². The molecule has 3 heteroatoms. The Bertz CT molecular complexity index is 54.7. The van der Waals surface area contributed by atoms with Crippen LogP contribution in [-0.4, -0.2) is 6.54 Å². The maximum absolute atomic E-state index is 9.28. The molecule has 0 aromatic heterocycles. The van der Waals surface area contributed by atoms with Crippen LogP contribution in [0, 0.1) is 4.91 Å². The third-order valence-corrected chi connectivity index (χ3v) is 0.525. The van der Waals surface area contributed by atoms with Crippen LogP contribution in [0.15, 0.2) is 17.9 Å². The topological polar surface area (TPSA) is 41.5 Å². The smallest absolute Gasteiger partial charge is 0.0496 e. The highest BCUT2D eigenvalue weighted by molar-refractivity contribution is 4.65. The van der Waals surface area contributed by atoms with Gasteiger partial charge in [0.1, 0.15) is 0 Å². The minimum atomic E-state index is 0.590. The van der Waals surface area contributed by atoms with Crippen molar-refractivity contribution in [1.29, 1.82) is 0 Å². The van der Waals surface area contributed by atoms with E-state index in [1.54, 1.807) is 6.08 Å². The van der Waals surface area contributed by atoms with Crippen LogP contribution >= 0.6 is 0 Å². The molecular weight excluding hydrogens is 92.1 g/mol. The van der Waals surface area contributed by atoms with Crippen molar-refractivity contribution in [2.24, 2.45) is 5.29 Å². The molecule has 7 heavy (non-hydrogen) atoms. The Morgan fingerprint density at radius 2 is 2.57 bits per heavy atom. The summed E-state index contributed by atoms with van der Waals surface area (Å²) >= 11 is 0. The van der Waals surface area contributed by atoms with E-state index in [0.717, 1.165) is 6.42 Å². The van der Waals surface area contributed by atoms with E-state index in [9.17, 15) is 4.91 Å². The molecule has 0 aliphatic rings. The minimum absolute atomic E-state index is 0.590. The van der Waals surface area contributed by atoms with Crippen molar-refractivity contribution in [3.8, 4) is 0 Å². The summed E-state index contributed by atoms with van der Waals surface area (Å²) in [5, 5.41) is 2.43. The molecule has 1 N–H and O–H groups in total. The Balaban J connectivity index is 2.68. The van der Waals surface area contributed by atoms with Gasteiger partial charge in [0, 0.05) is 11.8 Å². The number of nitrogens with zero attached hydrogens (tertiary/aromatic N) is 1. The molecule has 0 unspecified atom stereocenters. The lowest BCUT2D eigenvalue weighted by Crippen LogP contribution is -2.03. The van der Waals surface area contributed by atoms with Crippen LogP contribution in [0.3, 0.4) is 0 Å². The van der Waals surface area contributed by atoms with Gasteiger partial charge in [-0.25, -0.2) is 0 Å². The first-order valence-electron chi connectivity index (χ1n) is 2.08. The van der Waals surface area contributed by atoms with Gasteiger partial charge in [0.2, 0.25) is 0 Å². The quantitative estimate of drug-likeness (QED) is 0.246. The van der Waals surface area contributed by atoms with Gasteiger partial charge in [-0.15, -0.1) is 11.5 Å². The largest absolute Gasteiger partial charge is 0.274 e. The summed E-state index contributed by atoms with van der Waals surface area (Å²) in [5.74, 6) is 0. The Hall–Kier alpha value is -0.860. The number of rotatable bonds is 4. The third-order valence-electron chi connectivity index (χ3n) is 0.525. The fraction of sp³-hybridized carbons (Fsp3) is 0.500. The zero-order valence-electron chi connectivity index (χ0n) is 4.05. The fourth-order valence-electron chi connectivity index (χ4n) is 0.212. The van der Waals surface area contributed by atoms with E-state index < -0.39 is 0 Å². The molecule has 0 rings (SSSR count). The Morgan fingerprint density at radius 1 is 1.86 bits per heavy atom. The van der Waals surface area contributed by atoms with E-state index in [-0.39, 0.29) is 0 Å². The molecule has 0 fully saturated rings. The lowest BCUT2D eigenvalue weighted by atomic mass is 10.4. The summed E-state index contributed by atoms with van der Waals surface area (Å²) in [5.41, 5.74) is 2.25. The van der Waals surface area contributed by atoms with E-state index in [0.29, 0.717) is 6.54 Å². The summed E-state index contributed by atoms with van der Waals surface area (Å²) in [6, 6.07) is 0. The minimum Gasteiger partial charge on any atom is -0.274 e. The van der Waals surface area contributed by atoms with Crippen LogP contribution in [0.1, 0.15) is 6.42 Å². The number of nitrogens with one attached hydrogen (secondary N) is 1. The van der Waals surface area contributed by atoms with Crippen LogP contribution < -0.4 is 5.43 Å². The average molecular weight is 100 g/mol. The summed E-state index contributed by atoms with van der Waals surface area (Å²) in [6.45, 7) is 4.04. The zero-order chi connectivity index (χ0) is 5.54. The Kier molecular flexibility index (Phi) is 4.51. The van der Waals surface area contributed by atoms with E-state index in [4.69, 9.17) is 0 Å². The van der Waals surface area contributed by atoms with E-state index >= 15 is 0 Å². The summed E-state index contributed by atoms with van der Waals surface area (Å²) in [7, 11) is 0. The van der Waals surface area contributed by atoms with Crippen LogP contribution in [0.5, 0.6) is 0 Å². The normalized spacial score (nSPS) is 7.43. The van der Waals surface area contributed by atoms with Crippen molar-refractivity contribution in [3.63, 3.8) is 0 Å². The standard InChI is InChI=1S/C4H8N2O/c1-2-3-4-5-6-7/h2H,1,3-4H2,(H,5,7). The molecule has 0 heterocycles. The maximum Gasteiger partial charge on any atom is 0.0496 e. The van der Waals surface area contributed by atoms with E-state index in [1.807, 2.05) is 0 Å². The number of hydrogen-bond acceptors (Lipinski definition) is 2. The molecule has 0 radical (unpaired) electrons. The highest BCUT2D eigenvalue weighted by atomic mass is 16.3. The monoisotopic (exact) mass is 100 g/mol. The molecule has 0 saturated heterocycles. The molecule has 0 saturated carbocycles. The Morgan fingerprint density at radius 3 is 3.00 bits per heavy atom. The second-order valence-corrected chi connectivity index (χ2v) is 1.08. The van der Waals surface area contributed by atoms with Crippen molar-refractivity contribution >= 4 is 0 Å². The lowest BCUT2D eigenvalue weighted by Gasteiger charge is -1.86. The van der Waals surface area contributed by atoms with Gasteiger partial charge in [0.05, 0.1) is 0 Å². The van der Waals surface area contributed by atoms with E-state index in [1.165, 1.54) is 0 Å². The van der Waals surface area contributed by atoms with Crippen LogP contribution in [-0.2, 0) is 0 Å². The van der Waals surface area contributed by atoms with Gasteiger partial charge in [-0.2, -0.15) is 0 Å². The number of hydrogen-bond donors (Lipinski definition) is 1. The molecule has 0 atom stereocenters. The molecule has 0 aromatic carbocycles. The zero-order valence-corrected chi connectivity index (χ0v) is 4.05. The van der Waals surface area contributed by atoms with Crippen molar-refractivity contribution < 1.29 is 0 Å². The van der Waals surface area contributed by atoms with Crippen molar-refractivity contribution in [3.05, 3.63) is 17.6 Å². The van der Waals surface area contributed by atoms with Gasteiger partial charge < -0.3 is 0 Å². The van der Waals surface area contributed by atoms with Gasteiger partial charge in [-0.05, 0) is 6.42 Å². The molecule has 0 aliphatic heterocycles. The van der Waals surface area contributed by atoms with Crippen LogP contribution in [0.25, 0.3) is 0 Å². The average Bonchev–Trinajstić information content (AvgIpc) is 1.69. The molecule has 40 valence electrons. The SMILES string of the molecule is C=CCCNN=O.